The van der Waals surface area contributed by atoms with E-state index in [9.17, 15) is 0 Å². The largest absolute Gasteiger partial charge is 0.492 e. The highest BCUT2D eigenvalue weighted by Gasteiger charge is 2.27. The van der Waals surface area contributed by atoms with Crippen molar-refractivity contribution in [2.24, 2.45) is 0 Å². The van der Waals surface area contributed by atoms with Gasteiger partial charge < -0.3 is 14.2 Å². The van der Waals surface area contributed by atoms with E-state index >= 15 is 0 Å². The second kappa shape index (κ2) is 8.42. The maximum Gasteiger partial charge on any atom is 0.138 e. The third-order valence-corrected chi connectivity index (χ3v) is 6.44. The van der Waals surface area contributed by atoms with Crippen LogP contribution in [0, 0.1) is 0 Å². The first-order valence-corrected chi connectivity index (χ1v) is 11.6. The Morgan fingerprint density at radius 1 is 0.758 bits per heavy atom. The molecule has 1 aliphatic heterocycles. The van der Waals surface area contributed by atoms with Gasteiger partial charge in [0.05, 0.1) is 18.8 Å². The molecule has 0 bridgehead atoms. The number of fused-ring (bicyclic) bond motifs is 3. The van der Waals surface area contributed by atoms with Crippen molar-refractivity contribution in [3.63, 3.8) is 0 Å². The summed E-state index contributed by atoms with van der Waals surface area (Å²) in [5, 5.41) is 0. The van der Waals surface area contributed by atoms with Crippen LogP contribution in [0.25, 0.3) is 33.4 Å². The minimum atomic E-state index is 0.194. The van der Waals surface area contributed by atoms with Crippen molar-refractivity contribution in [1.29, 1.82) is 0 Å². The van der Waals surface area contributed by atoms with Gasteiger partial charge >= 0.3 is 0 Å². The standard InChI is InChI=1S/C30H26O3/c1-2-31-30-26(25-14-8-13-24-23-12-7-6-11-21(23)17-27(24)25)15-16-28(33-19-22-18-32-22)29(30)20-9-4-3-5-10-20/h3-16,22H,2,17-19H2,1H3. The molecule has 1 fully saturated rings. The van der Waals surface area contributed by atoms with Crippen molar-refractivity contribution < 1.29 is 14.2 Å². The van der Waals surface area contributed by atoms with Crippen molar-refractivity contribution in [2.45, 2.75) is 19.4 Å². The summed E-state index contributed by atoms with van der Waals surface area (Å²) in [4.78, 5) is 0. The normalized spacial score (nSPS) is 15.6. The van der Waals surface area contributed by atoms with Gasteiger partial charge in [0.1, 0.15) is 24.2 Å². The zero-order valence-corrected chi connectivity index (χ0v) is 18.7. The van der Waals surface area contributed by atoms with Crippen molar-refractivity contribution in [3.8, 4) is 44.9 Å². The van der Waals surface area contributed by atoms with Crippen LogP contribution in [-0.2, 0) is 11.2 Å². The molecule has 0 aromatic heterocycles. The maximum atomic E-state index is 6.37. The molecule has 164 valence electrons. The summed E-state index contributed by atoms with van der Waals surface area (Å²) in [6.45, 7) is 3.95. The van der Waals surface area contributed by atoms with Crippen LogP contribution in [0.5, 0.6) is 11.5 Å². The molecule has 6 rings (SSSR count). The highest BCUT2D eigenvalue weighted by Crippen LogP contribution is 2.49. The third-order valence-electron chi connectivity index (χ3n) is 6.44. The average molecular weight is 435 g/mol. The number of ether oxygens (including phenoxy) is 3. The Morgan fingerprint density at radius 2 is 1.48 bits per heavy atom. The fraction of sp³-hybridized carbons (Fsp3) is 0.200. The fourth-order valence-corrected chi connectivity index (χ4v) is 4.83. The van der Waals surface area contributed by atoms with Gasteiger partial charge in [0, 0.05) is 5.56 Å². The highest BCUT2D eigenvalue weighted by molar-refractivity contribution is 5.91. The maximum absolute atomic E-state index is 6.37. The molecular formula is C30H26O3. The predicted octanol–water partition coefficient (Wildman–Crippen LogP) is 6.77. The predicted molar refractivity (Wildman–Crippen MR) is 132 cm³/mol. The number of epoxide rings is 1. The summed E-state index contributed by atoms with van der Waals surface area (Å²) < 4.78 is 18.0. The van der Waals surface area contributed by atoms with Gasteiger partial charge in [-0.15, -0.1) is 0 Å². The van der Waals surface area contributed by atoms with E-state index in [0.717, 1.165) is 41.2 Å². The molecule has 4 aromatic carbocycles. The van der Waals surface area contributed by atoms with Crippen molar-refractivity contribution in [3.05, 3.63) is 96.1 Å². The summed E-state index contributed by atoms with van der Waals surface area (Å²) in [7, 11) is 0. The minimum absolute atomic E-state index is 0.194. The summed E-state index contributed by atoms with van der Waals surface area (Å²) >= 11 is 0. The van der Waals surface area contributed by atoms with Crippen LogP contribution in [0.1, 0.15) is 18.1 Å². The Bertz CT molecular complexity index is 1310. The van der Waals surface area contributed by atoms with E-state index in [1.165, 1.54) is 27.8 Å². The zero-order chi connectivity index (χ0) is 22.2. The third kappa shape index (κ3) is 3.69. The lowest BCUT2D eigenvalue weighted by atomic mass is 9.91. The number of benzene rings is 4. The Balaban J connectivity index is 1.54. The van der Waals surface area contributed by atoms with Gasteiger partial charge in [-0.2, -0.15) is 0 Å². The van der Waals surface area contributed by atoms with E-state index in [4.69, 9.17) is 14.2 Å². The van der Waals surface area contributed by atoms with E-state index in [0.29, 0.717) is 13.2 Å². The highest BCUT2D eigenvalue weighted by atomic mass is 16.6. The van der Waals surface area contributed by atoms with E-state index in [2.05, 4.69) is 78.9 Å². The molecule has 1 heterocycles. The molecular weight excluding hydrogens is 408 g/mol. The summed E-state index contributed by atoms with van der Waals surface area (Å²) in [6.07, 6.45) is 1.13. The molecule has 33 heavy (non-hydrogen) atoms. The fourth-order valence-electron chi connectivity index (χ4n) is 4.83. The molecule has 3 heteroatoms. The minimum Gasteiger partial charge on any atom is -0.492 e. The van der Waals surface area contributed by atoms with Crippen LogP contribution >= 0.6 is 0 Å². The Morgan fingerprint density at radius 3 is 2.27 bits per heavy atom. The first-order chi connectivity index (χ1) is 16.3. The summed E-state index contributed by atoms with van der Waals surface area (Å²) in [6, 6.07) is 29.9. The number of hydrogen-bond donors (Lipinski definition) is 0. The molecule has 4 aromatic rings. The molecule has 0 N–H and O–H groups in total. The number of rotatable bonds is 7. The molecule has 0 radical (unpaired) electrons. The van der Waals surface area contributed by atoms with Crippen LogP contribution in [0.4, 0.5) is 0 Å². The van der Waals surface area contributed by atoms with Crippen LogP contribution < -0.4 is 9.47 Å². The van der Waals surface area contributed by atoms with Crippen molar-refractivity contribution in [1.82, 2.24) is 0 Å². The van der Waals surface area contributed by atoms with Gasteiger partial charge in [0.25, 0.3) is 0 Å². The molecule has 0 saturated carbocycles. The van der Waals surface area contributed by atoms with Crippen LogP contribution in [0.3, 0.4) is 0 Å². The molecule has 2 aliphatic rings. The second-order valence-electron chi connectivity index (χ2n) is 8.55. The second-order valence-corrected chi connectivity index (χ2v) is 8.55. The first kappa shape index (κ1) is 20.1. The van der Waals surface area contributed by atoms with Gasteiger partial charge in [0.2, 0.25) is 0 Å². The SMILES string of the molecule is CCOc1c(-c2cccc3c2Cc2ccccc2-3)ccc(OCC2CO2)c1-c1ccccc1. The lowest BCUT2D eigenvalue weighted by Gasteiger charge is -2.21. The lowest BCUT2D eigenvalue weighted by Crippen LogP contribution is -2.07. The van der Waals surface area contributed by atoms with Crippen LogP contribution in [-0.4, -0.2) is 25.9 Å². The molecule has 0 amide bonds. The van der Waals surface area contributed by atoms with Crippen LogP contribution in [0.15, 0.2) is 84.9 Å². The van der Waals surface area contributed by atoms with Gasteiger partial charge in [-0.05, 0) is 58.9 Å². The van der Waals surface area contributed by atoms with Gasteiger partial charge in [0.15, 0.2) is 0 Å². The molecule has 1 atom stereocenters. The van der Waals surface area contributed by atoms with Crippen molar-refractivity contribution in [2.75, 3.05) is 19.8 Å². The zero-order valence-electron chi connectivity index (χ0n) is 18.7. The molecule has 1 unspecified atom stereocenters. The monoisotopic (exact) mass is 434 g/mol. The Kier molecular flexibility index (Phi) is 5.12. The van der Waals surface area contributed by atoms with E-state index in [1.807, 2.05) is 13.0 Å². The van der Waals surface area contributed by atoms with E-state index in [1.54, 1.807) is 0 Å². The first-order valence-electron chi connectivity index (χ1n) is 11.6. The van der Waals surface area contributed by atoms with Crippen molar-refractivity contribution >= 4 is 0 Å². The molecule has 3 nitrogen and oxygen atoms in total. The summed E-state index contributed by atoms with van der Waals surface area (Å²) in [5.41, 5.74) is 9.81. The van der Waals surface area contributed by atoms with Crippen LogP contribution in [0.2, 0.25) is 0 Å². The smallest absolute Gasteiger partial charge is 0.138 e. The molecule has 0 spiro atoms. The quantitative estimate of drug-likeness (QED) is 0.265. The Hall–Kier alpha value is -3.56. The average Bonchev–Trinajstić information content (AvgIpc) is 3.61. The summed E-state index contributed by atoms with van der Waals surface area (Å²) in [5.74, 6) is 1.71. The lowest BCUT2D eigenvalue weighted by molar-refractivity contribution is 0.262. The molecule has 1 aliphatic carbocycles. The van der Waals surface area contributed by atoms with E-state index < -0.39 is 0 Å². The Labute approximate surface area is 194 Å². The van der Waals surface area contributed by atoms with Gasteiger partial charge in [-0.3, -0.25) is 0 Å². The molecule has 1 saturated heterocycles. The van der Waals surface area contributed by atoms with E-state index in [-0.39, 0.29) is 6.10 Å². The topological polar surface area (TPSA) is 31.0 Å². The van der Waals surface area contributed by atoms with Gasteiger partial charge in [-0.25, -0.2) is 0 Å². The van der Waals surface area contributed by atoms with Gasteiger partial charge in [-0.1, -0.05) is 72.8 Å². The number of hydrogen-bond acceptors (Lipinski definition) is 3.